The van der Waals surface area contributed by atoms with Gasteiger partial charge in [0.1, 0.15) is 4.90 Å². The molecule has 1 aliphatic rings. The summed E-state index contributed by atoms with van der Waals surface area (Å²) < 4.78 is 48.3. The van der Waals surface area contributed by atoms with Gasteiger partial charge >= 0.3 is 0 Å². The lowest BCUT2D eigenvalue weighted by molar-refractivity contribution is 0.581. The maximum atomic E-state index is 11.7. The molecule has 0 bridgehead atoms. The number of nitrogens with two attached hydrogens (primary N) is 1. The Morgan fingerprint density at radius 1 is 1.35 bits per heavy atom. The van der Waals surface area contributed by atoms with Gasteiger partial charge in [0, 0.05) is 4.47 Å². The molecule has 0 aromatic heterocycles. The van der Waals surface area contributed by atoms with E-state index in [1.54, 1.807) is 0 Å². The molecule has 0 saturated heterocycles. The van der Waals surface area contributed by atoms with Crippen LogP contribution >= 0.6 is 15.9 Å². The summed E-state index contributed by atoms with van der Waals surface area (Å²) in [7, 11) is -7.67. The normalized spacial score (nSPS) is 18.2. The predicted molar refractivity (Wildman–Crippen MR) is 64.3 cm³/mol. The smallest absolute Gasteiger partial charge is 0.244 e. The highest BCUT2D eigenvalue weighted by molar-refractivity contribution is 9.10. The quantitative estimate of drug-likeness (QED) is 0.651. The highest BCUT2D eigenvalue weighted by atomic mass is 79.9. The molecule has 0 saturated carbocycles. The zero-order valence-corrected chi connectivity index (χ0v) is 11.5. The summed E-state index contributed by atoms with van der Waals surface area (Å²) in [5.74, 6) is 0. The van der Waals surface area contributed by atoms with Crippen LogP contribution in [0, 0.1) is 0 Å². The van der Waals surface area contributed by atoms with Crippen LogP contribution in [-0.4, -0.2) is 23.5 Å². The van der Waals surface area contributed by atoms with Gasteiger partial charge < -0.3 is 5.32 Å². The first-order chi connectivity index (χ1) is 7.72. The third kappa shape index (κ3) is 2.31. The monoisotopic (exact) mass is 341 g/mol. The minimum absolute atomic E-state index is 0.0443. The Labute approximate surface area is 107 Å². The van der Waals surface area contributed by atoms with Gasteiger partial charge in [-0.2, -0.15) is 4.72 Å². The molecule has 0 aliphatic carbocycles. The van der Waals surface area contributed by atoms with Crippen LogP contribution in [0.25, 0.3) is 0 Å². The fourth-order valence-electron chi connectivity index (χ4n) is 1.40. The molecule has 4 N–H and O–H groups in total. The second-order valence-electron chi connectivity index (χ2n) is 3.32. The van der Waals surface area contributed by atoms with Gasteiger partial charge in [0.15, 0.2) is 0 Å². The van der Waals surface area contributed by atoms with Crippen molar-refractivity contribution in [3.63, 3.8) is 0 Å². The van der Waals surface area contributed by atoms with Crippen molar-refractivity contribution in [1.82, 2.24) is 4.72 Å². The summed E-state index contributed by atoms with van der Waals surface area (Å²) in [5.41, 5.74) is 0.316. The fourth-order valence-corrected chi connectivity index (χ4v) is 4.08. The second kappa shape index (κ2) is 3.92. The van der Waals surface area contributed by atoms with Gasteiger partial charge in [-0.15, -0.1) is 0 Å². The molecule has 1 aromatic rings. The molecule has 1 heterocycles. The van der Waals surface area contributed by atoms with Crippen molar-refractivity contribution in [2.24, 2.45) is 5.14 Å². The van der Waals surface area contributed by atoms with Crippen LogP contribution in [0.2, 0.25) is 0 Å². The molecule has 17 heavy (non-hydrogen) atoms. The summed E-state index contributed by atoms with van der Waals surface area (Å²) in [6.45, 7) is 0.0443. The number of fused-ring (bicyclic) bond motifs is 1. The van der Waals surface area contributed by atoms with E-state index >= 15 is 0 Å². The molecule has 7 nitrogen and oxygen atoms in total. The van der Waals surface area contributed by atoms with Gasteiger partial charge in [-0.3, -0.25) is 0 Å². The third-order valence-electron chi connectivity index (χ3n) is 2.17. The Morgan fingerprint density at radius 2 is 2.00 bits per heavy atom. The van der Waals surface area contributed by atoms with Gasteiger partial charge in [0.05, 0.1) is 17.3 Å². The molecule has 0 atom stereocenters. The van der Waals surface area contributed by atoms with E-state index in [4.69, 9.17) is 5.14 Å². The molecule has 10 heteroatoms. The molecule has 1 aromatic carbocycles. The van der Waals surface area contributed by atoms with Crippen LogP contribution in [0.15, 0.2) is 26.4 Å². The van der Waals surface area contributed by atoms with Gasteiger partial charge in [-0.1, -0.05) is 0 Å². The lowest BCUT2D eigenvalue weighted by atomic mass is 10.3. The number of primary sulfonamides is 1. The number of rotatable bonds is 1. The van der Waals surface area contributed by atoms with Crippen molar-refractivity contribution in [1.29, 1.82) is 0 Å². The Morgan fingerprint density at radius 3 is 2.59 bits per heavy atom. The fraction of sp³-hybridized carbons (Fsp3) is 0.143. The Hall–Kier alpha value is -0.680. The lowest BCUT2D eigenvalue weighted by Crippen LogP contribution is -2.35. The molecule has 0 amide bonds. The molecular formula is C7H8BrN3O4S2. The van der Waals surface area contributed by atoms with E-state index in [0.717, 1.165) is 6.07 Å². The molecule has 0 radical (unpaired) electrons. The maximum Gasteiger partial charge on any atom is 0.244 e. The summed E-state index contributed by atoms with van der Waals surface area (Å²) in [5, 5.41) is 7.76. The number of anilines is 1. The largest absolute Gasteiger partial charge is 0.370 e. The molecule has 0 unspecified atom stereocenters. The Kier molecular flexibility index (Phi) is 2.94. The zero-order chi connectivity index (χ0) is 12.8. The number of hydrogen-bond acceptors (Lipinski definition) is 5. The van der Waals surface area contributed by atoms with Crippen molar-refractivity contribution in [3.8, 4) is 0 Å². The van der Waals surface area contributed by atoms with E-state index in [0.29, 0.717) is 10.2 Å². The topological polar surface area (TPSA) is 118 Å². The molecule has 2 rings (SSSR count). The van der Waals surface area contributed by atoms with E-state index in [-0.39, 0.29) is 16.5 Å². The highest BCUT2D eigenvalue weighted by Gasteiger charge is 2.27. The first-order valence-electron chi connectivity index (χ1n) is 4.32. The van der Waals surface area contributed by atoms with Gasteiger partial charge in [-0.25, -0.2) is 22.0 Å². The van der Waals surface area contributed by atoms with Crippen LogP contribution in [0.3, 0.4) is 0 Å². The molecule has 1 aliphatic heterocycles. The van der Waals surface area contributed by atoms with E-state index in [9.17, 15) is 16.8 Å². The van der Waals surface area contributed by atoms with E-state index in [2.05, 4.69) is 26.0 Å². The summed E-state index contributed by atoms with van der Waals surface area (Å²) in [6.07, 6.45) is 0. The number of hydrogen-bond donors (Lipinski definition) is 3. The first-order valence-corrected chi connectivity index (χ1v) is 8.14. The molecule has 0 fully saturated rings. The van der Waals surface area contributed by atoms with Crippen molar-refractivity contribution >= 4 is 41.7 Å². The standard InChI is InChI=1S/C7H8BrN3O4S2/c8-5-1-4(16(9,12)13)2-6-7(5)10-3-11-17(6,14)15/h1-2,10-11H,3H2,(H2,9,12,13). The lowest BCUT2D eigenvalue weighted by Gasteiger charge is -2.21. The average molecular weight is 342 g/mol. The van der Waals surface area contributed by atoms with Crippen LogP contribution in [0.5, 0.6) is 0 Å². The van der Waals surface area contributed by atoms with Crippen molar-refractivity contribution in [2.75, 3.05) is 12.0 Å². The van der Waals surface area contributed by atoms with E-state index in [1.165, 1.54) is 6.07 Å². The second-order valence-corrected chi connectivity index (χ2v) is 7.48. The molecular weight excluding hydrogens is 334 g/mol. The van der Waals surface area contributed by atoms with E-state index in [1.807, 2.05) is 0 Å². The van der Waals surface area contributed by atoms with Crippen molar-refractivity contribution in [3.05, 3.63) is 16.6 Å². The Balaban J connectivity index is 2.80. The third-order valence-corrected chi connectivity index (χ3v) is 5.12. The van der Waals surface area contributed by atoms with Crippen LogP contribution < -0.4 is 15.2 Å². The number of halogens is 1. The van der Waals surface area contributed by atoms with Crippen LogP contribution in [0.1, 0.15) is 0 Å². The van der Waals surface area contributed by atoms with Gasteiger partial charge in [-0.05, 0) is 28.1 Å². The average Bonchev–Trinajstić information content (AvgIpc) is 2.17. The molecule has 94 valence electrons. The van der Waals surface area contributed by atoms with Crippen molar-refractivity contribution < 1.29 is 16.8 Å². The Bertz CT molecular complexity index is 683. The van der Waals surface area contributed by atoms with Gasteiger partial charge in [0.2, 0.25) is 20.0 Å². The summed E-state index contributed by atoms with van der Waals surface area (Å²) >= 11 is 3.10. The summed E-state index contributed by atoms with van der Waals surface area (Å²) in [6, 6.07) is 2.27. The summed E-state index contributed by atoms with van der Waals surface area (Å²) in [4.78, 5) is -0.417. The molecule has 0 spiro atoms. The van der Waals surface area contributed by atoms with Crippen LogP contribution in [0.4, 0.5) is 5.69 Å². The van der Waals surface area contributed by atoms with Gasteiger partial charge in [0.25, 0.3) is 0 Å². The predicted octanol–water partition coefficient (Wildman–Crippen LogP) is -0.242. The minimum Gasteiger partial charge on any atom is -0.370 e. The van der Waals surface area contributed by atoms with Crippen LogP contribution in [-0.2, 0) is 20.0 Å². The minimum atomic E-state index is -3.96. The number of nitrogens with one attached hydrogen (secondary N) is 2. The van der Waals surface area contributed by atoms with Crippen molar-refractivity contribution in [2.45, 2.75) is 9.79 Å². The highest BCUT2D eigenvalue weighted by Crippen LogP contribution is 2.34. The first kappa shape index (κ1) is 12.8. The number of benzene rings is 1. The SMILES string of the molecule is NS(=O)(=O)c1cc(Br)c2c(c1)S(=O)(=O)NCN2. The van der Waals surface area contributed by atoms with E-state index < -0.39 is 20.0 Å². The zero-order valence-electron chi connectivity index (χ0n) is 8.27. The maximum absolute atomic E-state index is 11.7. The number of sulfonamides is 2.